The minimum absolute atomic E-state index is 0.318. The van der Waals surface area contributed by atoms with E-state index in [4.69, 9.17) is 9.47 Å². The Hall–Kier alpha value is -4.20. The molecule has 0 atom stereocenters. The molecule has 4 rings (SSSR count). The minimum Gasteiger partial charge on any atom is -0.497 e. The van der Waals surface area contributed by atoms with Crippen LogP contribution in [0, 0.1) is 0 Å². The predicted octanol–water partition coefficient (Wildman–Crippen LogP) is 3.43. The van der Waals surface area contributed by atoms with Crippen molar-refractivity contribution >= 4 is 28.7 Å². The zero-order valence-electron chi connectivity index (χ0n) is 16.1. The number of aromatic amines is 1. The van der Waals surface area contributed by atoms with E-state index in [9.17, 15) is 9.59 Å². The second-order valence-corrected chi connectivity index (χ2v) is 6.39. The second kappa shape index (κ2) is 8.44. The number of H-pyrrole nitrogens is 1. The number of rotatable bonds is 6. The Kier molecular flexibility index (Phi) is 5.38. The molecule has 2 aromatic carbocycles. The highest BCUT2D eigenvalue weighted by Gasteiger charge is 2.13. The average Bonchev–Trinajstić information content (AvgIpc) is 3.21. The van der Waals surface area contributed by atoms with E-state index in [-0.39, 0.29) is 0 Å². The van der Waals surface area contributed by atoms with Gasteiger partial charge < -0.3 is 19.8 Å². The number of carbonyl (C=O) groups excluding carboxylic acids is 2. The summed E-state index contributed by atoms with van der Waals surface area (Å²) in [4.78, 5) is 36.0. The largest absolute Gasteiger partial charge is 0.497 e. The number of esters is 1. The summed E-state index contributed by atoms with van der Waals surface area (Å²) in [7, 11) is 1.61. The molecule has 150 valence electrons. The minimum atomic E-state index is -0.603. The van der Waals surface area contributed by atoms with Crippen LogP contribution in [0.2, 0.25) is 0 Å². The summed E-state index contributed by atoms with van der Waals surface area (Å²) in [5.74, 6) is 0.753. The van der Waals surface area contributed by atoms with Crippen molar-refractivity contribution in [2.45, 2.75) is 0 Å². The molecule has 0 radical (unpaired) electrons. The van der Waals surface area contributed by atoms with Crippen LogP contribution in [0.25, 0.3) is 22.4 Å². The molecule has 2 N–H and O–H groups in total. The maximum absolute atomic E-state index is 12.3. The van der Waals surface area contributed by atoms with E-state index in [0.717, 1.165) is 11.3 Å². The zero-order chi connectivity index (χ0) is 20.9. The summed E-state index contributed by atoms with van der Waals surface area (Å²) >= 11 is 0. The van der Waals surface area contributed by atoms with Crippen molar-refractivity contribution in [3.63, 3.8) is 0 Å². The number of fused-ring (bicyclic) bond motifs is 1. The number of nitrogens with zero attached hydrogens (tertiary/aromatic N) is 2. The average molecular weight is 402 g/mol. The number of amides is 1. The topological polar surface area (TPSA) is 106 Å². The fourth-order valence-corrected chi connectivity index (χ4v) is 2.85. The Morgan fingerprint density at radius 2 is 1.90 bits per heavy atom. The fourth-order valence-electron chi connectivity index (χ4n) is 2.85. The van der Waals surface area contributed by atoms with Crippen LogP contribution in [0.1, 0.15) is 10.4 Å². The van der Waals surface area contributed by atoms with Gasteiger partial charge in [-0.15, -0.1) is 0 Å². The van der Waals surface area contributed by atoms with Gasteiger partial charge in [0.2, 0.25) is 0 Å². The Balaban J connectivity index is 1.43. The lowest BCUT2D eigenvalue weighted by Crippen LogP contribution is -2.21. The van der Waals surface area contributed by atoms with E-state index in [0.29, 0.717) is 28.2 Å². The number of hydrogen-bond donors (Lipinski definition) is 2. The van der Waals surface area contributed by atoms with Crippen LogP contribution >= 0.6 is 0 Å². The van der Waals surface area contributed by atoms with E-state index in [1.165, 1.54) is 0 Å². The molecule has 0 bridgehead atoms. The molecule has 0 aliphatic heterocycles. The van der Waals surface area contributed by atoms with E-state index in [1.807, 2.05) is 24.3 Å². The molecule has 0 saturated carbocycles. The molecule has 1 amide bonds. The summed E-state index contributed by atoms with van der Waals surface area (Å²) in [5.41, 5.74) is 2.61. The van der Waals surface area contributed by atoms with E-state index >= 15 is 0 Å². The molecule has 0 fully saturated rings. The Labute approximate surface area is 171 Å². The van der Waals surface area contributed by atoms with E-state index in [1.54, 1.807) is 49.7 Å². The second-order valence-electron chi connectivity index (χ2n) is 6.39. The summed E-state index contributed by atoms with van der Waals surface area (Å²) in [6.45, 7) is -0.409. The van der Waals surface area contributed by atoms with Gasteiger partial charge in [-0.3, -0.25) is 4.79 Å². The van der Waals surface area contributed by atoms with Crippen LogP contribution in [0.4, 0.5) is 5.82 Å². The van der Waals surface area contributed by atoms with Crippen LogP contribution in [0.5, 0.6) is 5.75 Å². The highest BCUT2D eigenvalue weighted by Crippen LogP contribution is 2.23. The van der Waals surface area contributed by atoms with Crippen LogP contribution in [-0.2, 0) is 9.53 Å². The molecule has 8 heteroatoms. The van der Waals surface area contributed by atoms with Crippen molar-refractivity contribution in [3.8, 4) is 17.1 Å². The lowest BCUT2D eigenvalue weighted by Gasteiger charge is -2.06. The number of anilines is 1. The van der Waals surface area contributed by atoms with Gasteiger partial charge in [0.25, 0.3) is 5.91 Å². The smallest absolute Gasteiger partial charge is 0.338 e. The molecule has 2 aromatic heterocycles. The molecule has 0 aliphatic rings. The zero-order valence-corrected chi connectivity index (χ0v) is 16.1. The van der Waals surface area contributed by atoms with E-state index < -0.39 is 18.5 Å². The molecular formula is C22H18N4O4. The van der Waals surface area contributed by atoms with Crippen molar-refractivity contribution in [1.82, 2.24) is 15.0 Å². The molecular weight excluding hydrogens is 384 g/mol. The van der Waals surface area contributed by atoms with Crippen LogP contribution in [0.3, 0.4) is 0 Å². The number of ether oxygens (including phenoxy) is 2. The van der Waals surface area contributed by atoms with Gasteiger partial charge in [0.05, 0.1) is 23.7 Å². The van der Waals surface area contributed by atoms with Crippen molar-refractivity contribution in [2.24, 2.45) is 0 Å². The first kappa shape index (κ1) is 19.1. The molecule has 0 saturated heterocycles. The quantitative estimate of drug-likeness (QED) is 0.479. The summed E-state index contributed by atoms with van der Waals surface area (Å²) < 4.78 is 10.3. The number of hydrogen-bond acceptors (Lipinski definition) is 6. The Bertz CT molecular complexity index is 1190. The van der Waals surface area contributed by atoms with Gasteiger partial charge in [0, 0.05) is 11.8 Å². The molecule has 0 unspecified atom stereocenters. The number of nitrogens with one attached hydrogen (secondary N) is 2. The normalized spacial score (nSPS) is 10.6. The number of imidazole rings is 1. The standard InChI is InChI=1S/C22H18N4O4/c1-29-16-8-5-14(6-9-16)21-24-17-10-7-15(12-18(17)25-21)22(28)30-13-20(27)26-19-4-2-3-11-23-19/h2-12H,13H2,1H3,(H,24,25)(H,23,26,27). The van der Waals surface area contributed by atoms with Gasteiger partial charge >= 0.3 is 5.97 Å². The number of carbonyl (C=O) groups is 2. The number of methoxy groups -OCH3 is 1. The lowest BCUT2D eigenvalue weighted by molar-refractivity contribution is -0.119. The molecule has 2 heterocycles. The van der Waals surface area contributed by atoms with Gasteiger partial charge in [-0.05, 0) is 54.6 Å². The first-order valence-corrected chi connectivity index (χ1v) is 9.14. The number of pyridine rings is 1. The summed E-state index contributed by atoms with van der Waals surface area (Å²) in [6, 6.07) is 17.6. The van der Waals surface area contributed by atoms with Crippen LogP contribution in [-0.4, -0.2) is 40.5 Å². The fraction of sp³-hybridized carbons (Fsp3) is 0.0909. The van der Waals surface area contributed by atoms with Gasteiger partial charge in [-0.1, -0.05) is 6.07 Å². The third-order valence-electron chi connectivity index (χ3n) is 4.35. The molecule has 0 aliphatic carbocycles. The molecule has 8 nitrogen and oxygen atoms in total. The lowest BCUT2D eigenvalue weighted by atomic mass is 10.2. The van der Waals surface area contributed by atoms with Crippen LogP contribution in [0.15, 0.2) is 66.9 Å². The molecule has 30 heavy (non-hydrogen) atoms. The first-order chi connectivity index (χ1) is 14.6. The van der Waals surface area contributed by atoms with Gasteiger partial charge in [0.15, 0.2) is 6.61 Å². The Morgan fingerprint density at radius 3 is 2.63 bits per heavy atom. The van der Waals surface area contributed by atoms with Crippen molar-refractivity contribution in [1.29, 1.82) is 0 Å². The van der Waals surface area contributed by atoms with Crippen LogP contribution < -0.4 is 10.1 Å². The number of aromatic nitrogens is 3. The maximum Gasteiger partial charge on any atom is 0.338 e. The van der Waals surface area contributed by atoms with Crippen molar-refractivity contribution in [3.05, 3.63) is 72.4 Å². The third kappa shape index (κ3) is 4.27. The molecule has 0 spiro atoms. The summed E-state index contributed by atoms with van der Waals surface area (Å²) in [6.07, 6.45) is 1.56. The number of benzene rings is 2. The van der Waals surface area contributed by atoms with Crippen molar-refractivity contribution < 1.29 is 19.1 Å². The maximum atomic E-state index is 12.3. The predicted molar refractivity (Wildman–Crippen MR) is 111 cm³/mol. The van der Waals surface area contributed by atoms with Crippen molar-refractivity contribution in [2.75, 3.05) is 19.0 Å². The highest BCUT2D eigenvalue weighted by molar-refractivity contribution is 5.97. The monoisotopic (exact) mass is 402 g/mol. The summed E-state index contributed by atoms with van der Waals surface area (Å²) in [5, 5.41) is 2.56. The SMILES string of the molecule is COc1ccc(-c2nc3ccc(C(=O)OCC(=O)Nc4ccccn4)cc3[nH]2)cc1. The Morgan fingerprint density at radius 1 is 1.07 bits per heavy atom. The van der Waals surface area contributed by atoms with Gasteiger partial charge in [0.1, 0.15) is 17.4 Å². The molecule has 4 aromatic rings. The van der Waals surface area contributed by atoms with E-state index in [2.05, 4.69) is 20.3 Å². The third-order valence-corrected chi connectivity index (χ3v) is 4.35. The highest BCUT2D eigenvalue weighted by atomic mass is 16.5. The van der Waals surface area contributed by atoms with Gasteiger partial charge in [-0.2, -0.15) is 0 Å². The van der Waals surface area contributed by atoms with Gasteiger partial charge in [-0.25, -0.2) is 14.8 Å². The first-order valence-electron chi connectivity index (χ1n) is 9.14.